The second kappa shape index (κ2) is 6.51. The van der Waals surface area contributed by atoms with Gasteiger partial charge in [0.2, 0.25) is 0 Å². The molecule has 0 saturated carbocycles. The summed E-state index contributed by atoms with van der Waals surface area (Å²) >= 11 is 6.18. The number of carbonyl (C=O) groups excluding carboxylic acids is 2. The van der Waals surface area contributed by atoms with Crippen molar-refractivity contribution in [2.75, 3.05) is 44.3 Å². The summed E-state index contributed by atoms with van der Waals surface area (Å²) < 4.78 is 5.31. The number of rotatable bonds is 2. The summed E-state index contributed by atoms with van der Waals surface area (Å²) in [6, 6.07) is 4.76. The van der Waals surface area contributed by atoms with Crippen molar-refractivity contribution >= 4 is 29.2 Å². The van der Waals surface area contributed by atoms with Gasteiger partial charge in [-0.2, -0.15) is 0 Å². The molecule has 118 valence electrons. The number of amides is 3. The van der Waals surface area contributed by atoms with E-state index in [0.29, 0.717) is 55.7 Å². The molecule has 2 saturated heterocycles. The summed E-state index contributed by atoms with van der Waals surface area (Å²) in [6.45, 7) is 3.23. The first kappa shape index (κ1) is 15.1. The Hall–Kier alpha value is -1.83. The molecule has 2 fully saturated rings. The first-order valence-corrected chi connectivity index (χ1v) is 7.52. The lowest BCUT2D eigenvalue weighted by molar-refractivity contribution is 0.0660. The van der Waals surface area contributed by atoms with Crippen LogP contribution in [0.3, 0.4) is 0 Å². The fourth-order valence-corrected chi connectivity index (χ4v) is 2.69. The summed E-state index contributed by atoms with van der Waals surface area (Å²) in [5.41, 5.74) is 4.05. The van der Waals surface area contributed by atoms with Gasteiger partial charge in [0, 0.05) is 25.2 Å². The molecule has 3 rings (SSSR count). The molecule has 1 aromatic rings. The van der Waals surface area contributed by atoms with Gasteiger partial charge < -0.3 is 10.1 Å². The van der Waals surface area contributed by atoms with Crippen molar-refractivity contribution in [3.8, 4) is 0 Å². The van der Waals surface area contributed by atoms with Crippen molar-refractivity contribution in [1.29, 1.82) is 0 Å². The SMILES string of the molecule is O=C(c1ccc(Cl)c(N2CCNC2=O)c1)N1CCOCCN1. The topological polar surface area (TPSA) is 73.9 Å². The molecule has 7 nitrogen and oxygen atoms in total. The van der Waals surface area contributed by atoms with E-state index in [4.69, 9.17) is 16.3 Å². The molecule has 8 heteroatoms. The highest BCUT2D eigenvalue weighted by atomic mass is 35.5. The van der Waals surface area contributed by atoms with Crippen LogP contribution in [0.15, 0.2) is 18.2 Å². The Morgan fingerprint density at radius 1 is 1.23 bits per heavy atom. The van der Waals surface area contributed by atoms with Gasteiger partial charge in [-0.25, -0.2) is 10.2 Å². The molecule has 22 heavy (non-hydrogen) atoms. The molecule has 0 atom stereocenters. The van der Waals surface area contributed by atoms with Crippen LogP contribution in [0, 0.1) is 0 Å². The Kier molecular flexibility index (Phi) is 4.47. The average molecular weight is 325 g/mol. The van der Waals surface area contributed by atoms with Crippen LogP contribution >= 0.6 is 11.6 Å². The Labute approximate surface area is 133 Å². The van der Waals surface area contributed by atoms with Crippen molar-refractivity contribution in [3.63, 3.8) is 0 Å². The number of nitrogens with one attached hydrogen (secondary N) is 2. The number of carbonyl (C=O) groups is 2. The van der Waals surface area contributed by atoms with Gasteiger partial charge in [-0.15, -0.1) is 0 Å². The summed E-state index contributed by atoms with van der Waals surface area (Å²) in [5.74, 6) is -0.164. The lowest BCUT2D eigenvalue weighted by Crippen LogP contribution is -2.43. The average Bonchev–Trinajstić information content (AvgIpc) is 2.78. The highest BCUT2D eigenvalue weighted by Gasteiger charge is 2.25. The van der Waals surface area contributed by atoms with Crippen LogP contribution in [-0.4, -0.2) is 56.3 Å². The Morgan fingerprint density at radius 2 is 2.09 bits per heavy atom. The molecule has 0 aliphatic carbocycles. The number of hydrogen-bond acceptors (Lipinski definition) is 4. The molecule has 2 aliphatic rings. The van der Waals surface area contributed by atoms with E-state index in [0.717, 1.165) is 0 Å². The molecule has 0 unspecified atom stereocenters. The molecule has 0 aromatic heterocycles. The van der Waals surface area contributed by atoms with Gasteiger partial charge in [0.05, 0.1) is 30.5 Å². The minimum atomic E-state index is -0.201. The first-order chi connectivity index (χ1) is 10.7. The zero-order valence-corrected chi connectivity index (χ0v) is 12.7. The maximum absolute atomic E-state index is 12.6. The van der Waals surface area contributed by atoms with Crippen molar-refractivity contribution in [2.45, 2.75) is 0 Å². The normalized spacial score (nSPS) is 19.0. The van der Waals surface area contributed by atoms with E-state index < -0.39 is 0 Å². The van der Waals surface area contributed by atoms with Crippen molar-refractivity contribution in [2.24, 2.45) is 0 Å². The van der Waals surface area contributed by atoms with Crippen LogP contribution in [0.4, 0.5) is 10.5 Å². The summed E-state index contributed by atoms with van der Waals surface area (Å²) in [4.78, 5) is 25.9. The van der Waals surface area contributed by atoms with Gasteiger partial charge in [-0.05, 0) is 18.2 Å². The number of benzene rings is 1. The molecule has 1 aromatic carbocycles. The van der Waals surface area contributed by atoms with Gasteiger partial charge in [0.1, 0.15) is 0 Å². The fraction of sp³-hybridized carbons (Fsp3) is 0.429. The minimum absolute atomic E-state index is 0.164. The quantitative estimate of drug-likeness (QED) is 0.845. The monoisotopic (exact) mass is 324 g/mol. The van der Waals surface area contributed by atoms with Crippen molar-refractivity contribution < 1.29 is 14.3 Å². The van der Waals surface area contributed by atoms with Crippen LogP contribution in [0.5, 0.6) is 0 Å². The van der Waals surface area contributed by atoms with Crippen LogP contribution in [0.1, 0.15) is 10.4 Å². The molecule has 0 spiro atoms. The zero-order chi connectivity index (χ0) is 15.5. The van der Waals surface area contributed by atoms with E-state index in [1.807, 2.05) is 0 Å². The number of urea groups is 1. The molecular formula is C14H17ClN4O3. The molecule has 0 bridgehead atoms. The lowest BCUT2D eigenvalue weighted by Gasteiger charge is -2.22. The maximum atomic E-state index is 12.6. The molecule has 2 heterocycles. The van der Waals surface area contributed by atoms with E-state index in [1.165, 1.54) is 9.91 Å². The molecule has 0 radical (unpaired) electrons. The Morgan fingerprint density at radius 3 is 2.86 bits per heavy atom. The molecule has 2 aliphatic heterocycles. The predicted octanol–water partition coefficient (Wildman–Crippen LogP) is 0.847. The smallest absolute Gasteiger partial charge is 0.322 e. The maximum Gasteiger partial charge on any atom is 0.322 e. The van der Waals surface area contributed by atoms with Crippen molar-refractivity contribution in [1.82, 2.24) is 15.8 Å². The fourth-order valence-electron chi connectivity index (χ4n) is 2.47. The molecule has 3 amide bonds. The van der Waals surface area contributed by atoms with E-state index >= 15 is 0 Å². The first-order valence-electron chi connectivity index (χ1n) is 7.15. The summed E-state index contributed by atoms with van der Waals surface area (Å²) in [7, 11) is 0. The Bertz CT molecular complexity index is 587. The van der Waals surface area contributed by atoms with Crippen molar-refractivity contribution in [3.05, 3.63) is 28.8 Å². The minimum Gasteiger partial charge on any atom is -0.378 e. The van der Waals surface area contributed by atoms with E-state index in [1.54, 1.807) is 18.2 Å². The van der Waals surface area contributed by atoms with Gasteiger partial charge in [0.15, 0.2) is 0 Å². The number of ether oxygens (including phenoxy) is 1. The number of nitrogens with zero attached hydrogens (tertiary/aromatic N) is 2. The highest BCUT2D eigenvalue weighted by molar-refractivity contribution is 6.34. The second-order valence-corrected chi connectivity index (χ2v) is 5.43. The van der Waals surface area contributed by atoms with Crippen LogP contribution in [-0.2, 0) is 4.74 Å². The van der Waals surface area contributed by atoms with Crippen LogP contribution in [0.2, 0.25) is 5.02 Å². The van der Waals surface area contributed by atoms with E-state index in [9.17, 15) is 9.59 Å². The van der Waals surface area contributed by atoms with Crippen LogP contribution < -0.4 is 15.6 Å². The summed E-state index contributed by atoms with van der Waals surface area (Å²) in [5, 5.41) is 4.70. The van der Waals surface area contributed by atoms with Gasteiger partial charge in [-0.3, -0.25) is 14.7 Å². The van der Waals surface area contributed by atoms with E-state index in [2.05, 4.69) is 10.7 Å². The largest absolute Gasteiger partial charge is 0.378 e. The second-order valence-electron chi connectivity index (χ2n) is 5.03. The van der Waals surface area contributed by atoms with E-state index in [-0.39, 0.29) is 11.9 Å². The third kappa shape index (κ3) is 3.01. The number of hydrogen-bond donors (Lipinski definition) is 2. The lowest BCUT2D eigenvalue weighted by atomic mass is 10.1. The Balaban J connectivity index is 1.84. The van der Waals surface area contributed by atoms with Gasteiger partial charge in [0.25, 0.3) is 5.91 Å². The standard InChI is InChI=1S/C14H17ClN4O3/c15-11-2-1-10(9-12(11)18-5-3-16-14(18)21)13(20)19-6-8-22-7-4-17-19/h1-2,9,17H,3-8H2,(H,16,21). The van der Waals surface area contributed by atoms with Gasteiger partial charge >= 0.3 is 6.03 Å². The molecular weight excluding hydrogens is 308 g/mol. The summed E-state index contributed by atoms with van der Waals surface area (Å²) in [6.07, 6.45) is 0. The number of halogens is 1. The number of anilines is 1. The number of hydrazine groups is 1. The highest BCUT2D eigenvalue weighted by Crippen LogP contribution is 2.28. The third-order valence-corrected chi connectivity index (χ3v) is 3.91. The molecule has 2 N–H and O–H groups in total. The van der Waals surface area contributed by atoms with Gasteiger partial charge in [-0.1, -0.05) is 11.6 Å². The zero-order valence-electron chi connectivity index (χ0n) is 12.0. The predicted molar refractivity (Wildman–Crippen MR) is 82.1 cm³/mol. The third-order valence-electron chi connectivity index (χ3n) is 3.59. The van der Waals surface area contributed by atoms with Crippen LogP contribution in [0.25, 0.3) is 0 Å².